The van der Waals surface area contributed by atoms with E-state index in [9.17, 15) is 22.2 Å². The summed E-state index contributed by atoms with van der Waals surface area (Å²) in [5, 5.41) is 0. The van der Waals surface area contributed by atoms with Crippen LogP contribution in [0.3, 0.4) is 0 Å². The molecule has 0 aliphatic heterocycles. The highest BCUT2D eigenvalue weighted by Gasteiger charge is 2.50. The SMILES string of the molecule is COC(=O)[C@@H](CC1CCCC1)[C@H](N[S@@](=O)C(C)(C)C)C(F)(F)F. The number of hydrogen-bond acceptors (Lipinski definition) is 3. The molecule has 0 saturated heterocycles. The van der Waals surface area contributed by atoms with Crippen molar-refractivity contribution in [1.29, 1.82) is 0 Å². The first kappa shape index (κ1) is 20.4. The van der Waals surface area contributed by atoms with E-state index >= 15 is 0 Å². The second kappa shape index (κ2) is 7.96. The van der Waals surface area contributed by atoms with Crippen molar-refractivity contribution in [2.75, 3.05) is 7.11 Å². The predicted molar refractivity (Wildman–Crippen MR) is 83.0 cm³/mol. The lowest BCUT2D eigenvalue weighted by atomic mass is 9.88. The molecule has 3 atom stereocenters. The van der Waals surface area contributed by atoms with Gasteiger partial charge in [0, 0.05) is 0 Å². The van der Waals surface area contributed by atoms with Gasteiger partial charge in [0.2, 0.25) is 0 Å². The van der Waals surface area contributed by atoms with Crippen LogP contribution in [0.1, 0.15) is 52.9 Å². The Morgan fingerprint density at radius 1 is 1.26 bits per heavy atom. The Bertz CT molecular complexity index is 429. The Morgan fingerprint density at radius 3 is 2.17 bits per heavy atom. The number of esters is 1. The minimum absolute atomic E-state index is 0.0776. The van der Waals surface area contributed by atoms with E-state index in [1.807, 2.05) is 0 Å². The molecule has 136 valence electrons. The van der Waals surface area contributed by atoms with Gasteiger partial charge >= 0.3 is 12.1 Å². The molecular weight excluding hydrogens is 331 g/mol. The van der Waals surface area contributed by atoms with Gasteiger partial charge in [-0.1, -0.05) is 25.7 Å². The molecule has 0 bridgehead atoms. The van der Waals surface area contributed by atoms with E-state index in [0.717, 1.165) is 32.8 Å². The summed E-state index contributed by atoms with van der Waals surface area (Å²) in [6, 6.07) is -2.17. The average Bonchev–Trinajstić information content (AvgIpc) is 2.92. The molecular formula is C15H26F3NO3S. The van der Waals surface area contributed by atoms with Gasteiger partial charge in [0.25, 0.3) is 0 Å². The number of alkyl halides is 3. The molecule has 0 aromatic rings. The maximum atomic E-state index is 13.5. The fourth-order valence-corrected chi connectivity index (χ4v) is 3.68. The molecule has 0 radical (unpaired) electrons. The van der Waals surface area contributed by atoms with Crippen molar-refractivity contribution in [3.8, 4) is 0 Å². The van der Waals surface area contributed by atoms with Crippen molar-refractivity contribution in [1.82, 2.24) is 4.72 Å². The summed E-state index contributed by atoms with van der Waals surface area (Å²) in [6.07, 6.45) is -1.00. The highest BCUT2D eigenvalue weighted by atomic mass is 32.2. The molecule has 0 amide bonds. The molecule has 0 aromatic carbocycles. The third kappa shape index (κ3) is 6.06. The summed E-state index contributed by atoms with van der Waals surface area (Å²) < 4.78 is 58.4. The van der Waals surface area contributed by atoms with Crippen LogP contribution in [0.25, 0.3) is 0 Å². The van der Waals surface area contributed by atoms with E-state index in [0.29, 0.717) is 0 Å². The monoisotopic (exact) mass is 357 g/mol. The van der Waals surface area contributed by atoms with Crippen molar-refractivity contribution in [2.24, 2.45) is 11.8 Å². The van der Waals surface area contributed by atoms with Crippen molar-refractivity contribution in [3.63, 3.8) is 0 Å². The number of nitrogens with one attached hydrogen (secondary N) is 1. The van der Waals surface area contributed by atoms with Crippen LogP contribution in [0.4, 0.5) is 13.2 Å². The molecule has 4 nitrogen and oxygen atoms in total. The molecule has 8 heteroatoms. The quantitative estimate of drug-likeness (QED) is 0.742. The molecule has 1 rings (SSSR count). The summed E-state index contributed by atoms with van der Waals surface area (Å²) in [5.41, 5.74) is 0. The smallest absolute Gasteiger partial charge is 0.405 e. The van der Waals surface area contributed by atoms with Crippen LogP contribution in [0, 0.1) is 11.8 Å². The van der Waals surface area contributed by atoms with Gasteiger partial charge in [-0.25, -0.2) is 8.93 Å². The maximum Gasteiger partial charge on any atom is 0.405 e. The number of ether oxygens (including phenoxy) is 1. The molecule has 0 unspecified atom stereocenters. The molecule has 0 aromatic heterocycles. The summed E-state index contributed by atoms with van der Waals surface area (Å²) in [5.74, 6) is -2.21. The molecule has 0 heterocycles. The Balaban J connectivity index is 3.01. The largest absolute Gasteiger partial charge is 0.469 e. The predicted octanol–water partition coefficient (Wildman–Crippen LogP) is 3.34. The first-order chi connectivity index (χ1) is 10.5. The second-order valence-corrected chi connectivity index (χ2v) is 9.03. The van der Waals surface area contributed by atoms with Crippen LogP contribution in [0.2, 0.25) is 0 Å². The fraction of sp³-hybridized carbons (Fsp3) is 0.933. The lowest BCUT2D eigenvalue weighted by Gasteiger charge is -2.31. The Kier molecular flexibility index (Phi) is 7.07. The van der Waals surface area contributed by atoms with Crippen LogP contribution >= 0.6 is 0 Å². The number of hydrogen-bond donors (Lipinski definition) is 1. The first-order valence-corrected chi connectivity index (χ1v) is 8.94. The molecule has 1 N–H and O–H groups in total. The third-order valence-corrected chi connectivity index (χ3v) is 5.69. The Hall–Kier alpha value is -0.630. The Labute approximate surface area is 138 Å². The first-order valence-electron chi connectivity index (χ1n) is 7.79. The highest BCUT2D eigenvalue weighted by molar-refractivity contribution is 7.84. The van der Waals surface area contributed by atoms with Gasteiger partial charge in [-0.2, -0.15) is 13.2 Å². The zero-order chi connectivity index (χ0) is 17.8. The average molecular weight is 357 g/mol. The maximum absolute atomic E-state index is 13.5. The van der Waals surface area contributed by atoms with E-state index in [1.165, 1.54) is 0 Å². The third-order valence-electron chi connectivity index (χ3n) is 4.11. The number of rotatable bonds is 6. The van der Waals surface area contributed by atoms with Crippen LogP contribution < -0.4 is 4.72 Å². The fourth-order valence-electron chi connectivity index (χ4n) is 2.79. The van der Waals surface area contributed by atoms with E-state index in [4.69, 9.17) is 0 Å². The van der Waals surface area contributed by atoms with Crippen LogP contribution in [-0.4, -0.2) is 34.3 Å². The summed E-state index contributed by atoms with van der Waals surface area (Å²) in [4.78, 5) is 12.0. The zero-order valence-corrected chi connectivity index (χ0v) is 14.9. The van der Waals surface area contributed by atoms with Crippen molar-refractivity contribution in [2.45, 2.75) is 69.8 Å². The van der Waals surface area contributed by atoms with Crippen molar-refractivity contribution in [3.05, 3.63) is 0 Å². The number of methoxy groups -OCH3 is 1. The van der Waals surface area contributed by atoms with Crippen LogP contribution in [-0.2, 0) is 20.5 Å². The molecule has 1 aliphatic rings. The van der Waals surface area contributed by atoms with Gasteiger partial charge in [-0.15, -0.1) is 0 Å². The van der Waals surface area contributed by atoms with E-state index in [-0.39, 0.29) is 12.3 Å². The van der Waals surface area contributed by atoms with Gasteiger partial charge in [-0.3, -0.25) is 4.79 Å². The summed E-state index contributed by atoms with van der Waals surface area (Å²) >= 11 is 0. The second-order valence-electron chi connectivity index (χ2n) is 7.03. The molecule has 1 fully saturated rings. The Morgan fingerprint density at radius 2 is 1.78 bits per heavy atom. The molecule has 23 heavy (non-hydrogen) atoms. The summed E-state index contributed by atoms with van der Waals surface area (Å²) in [7, 11) is -0.852. The lowest BCUT2D eigenvalue weighted by molar-refractivity contribution is -0.178. The van der Waals surface area contributed by atoms with Gasteiger partial charge in [-0.05, 0) is 33.1 Å². The molecule has 1 saturated carbocycles. The zero-order valence-electron chi connectivity index (χ0n) is 14.0. The number of carbonyl (C=O) groups is 1. The van der Waals surface area contributed by atoms with Crippen molar-refractivity contribution >= 4 is 17.0 Å². The normalized spacial score (nSPS) is 21.0. The van der Waals surface area contributed by atoms with E-state index in [1.54, 1.807) is 20.8 Å². The van der Waals surface area contributed by atoms with Gasteiger partial charge in [0.05, 0.1) is 28.8 Å². The van der Waals surface area contributed by atoms with Gasteiger partial charge in [0.15, 0.2) is 0 Å². The number of halogens is 3. The summed E-state index contributed by atoms with van der Waals surface area (Å²) in [6.45, 7) is 4.73. The van der Waals surface area contributed by atoms with Crippen molar-refractivity contribution < 1.29 is 26.9 Å². The number of carbonyl (C=O) groups excluding carboxylic acids is 1. The van der Waals surface area contributed by atoms with E-state index in [2.05, 4.69) is 9.46 Å². The van der Waals surface area contributed by atoms with Gasteiger partial charge in [0.1, 0.15) is 6.04 Å². The highest BCUT2D eigenvalue weighted by Crippen LogP contribution is 2.36. The minimum Gasteiger partial charge on any atom is -0.469 e. The van der Waals surface area contributed by atoms with Crippen LogP contribution in [0.5, 0.6) is 0 Å². The van der Waals surface area contributed by atoms with Crippen LogP contribution in [0.15, 0.2) is 0 Å². The minimum atomic E-state index is -4.68. The standard InChI is InChI=1S/C15H26F3NO3S/c1-14(2,3)23(21)19-12(15(16,17)18)11(13(20)22-4)9-10-7-5-6-8-10/h10-12,19H,5-9H2,1-4H3/t11-,12-,23-/m0/s1. The molecule has 1 aliphatic carbocycles. The van der Waals surface area contributed by atoms with E-state index < -0.39 is 39.8 Å². The topological polar surface area (TPSA) is 55.4 Å². The lowest BCUT2D eigenvalue weighted by Crippen LogP contribution is -2.54. The van der Waals surface area contributed by atoms with Gasteiger partial charge < -0.3 is 4.74 Å². The molecule has 0 spiro atoms.